The Hall–Kier alpha value is -4.26. The molecule has 0 aliphatic carbocycles. The number of rotatable bonds is 2. The van der Waals surface area contributed by atoms with Gasteiger partial charge in [-0.3, -0.25) is 9.59 Å². The molecule has 1 atom stereocenters. The zero-order valence-electron chi connectivity index (χ0n) is 16.7. The van der Waals surface area contributed by atoms with E-state index in [4.69, 9.17) is 18.9 Å². The highest BCUT2D eigenvalue weighted by atomic mass is 16.7. The zero-order valence-corrected chi connectivity index (χ0v) is 16.7. The number of fused-ring (bicyclic) bond motifs is 4. The predicted molar refractivity (Wildman–Crippen MR) is 112 cm³/mol. The van der Waals surface area contributed by atoms with Gasteiger partial charge in [-0.05, 0) is 53.6 Å². The number of carbonyl (C=O) groups is 2. The van der Waals surface area contributed by atoms with Crippen LogP contribution in [0.5, 0.6) is 28.7 Å². The van der Waals surface area contributed by atoms with Gasteiger partial charge in [0.05, 0.1) is 12.0 Å². The number of hydrogen-bond acceptors (Lipinski definition) is 7. The number of ether oxygens (including phenoxy) is 4. The fraction of sp³-hybridized carbons (Fsp3) is 0.120. The second-order valence-electron chi connectivity index (χ2n) is 7.73. The Kier molecular flexibility index (Phi) is 3.98. The topological polar surface area (TPSA) is 91.3 Å². The van der Waals surface area contributed by atoms with Crippen LogP contribution in [0.3, 0.4) is 0 Å². The second-order valence-corrected chi connectivity index (χ2v) is 7.73. The van der Waals surface area contributed by atoms with Crippen LogP contribution in [-0.2, 0) is 4.79 Å². The molecule has 1 unspecified atom stereocenters. The van der Waals surface area contributed by atoms with Gasteiger partial charge < -0.3 is 24.1 Å². The second kappa shape index (κ2) is 6.88. The lowest BCUT2D eigenvalue weighted by atomic mass is 9.84. The first-order valence-corrected chi connectivity index (χ1v) is 10.1. The molecule has 7 nitrogen and oxygen atoms in total. The highest BCUT2D eigenvalue weighted by Gasteiger charge is 2.38. The molecule has 3 aliphatic rings. The minimum atomic E-state index is -0.411. The summed E-state index contributed by atoms with van der Waals surface area (Å²) >= 11 is 0. The number of Topliss-reactive ketones (excluding diaryl/α,β-unsaturated/α-hetero) is 1. The monoisotopic (exact) mass is 428 g/mol. The SMILES string of the molecule is O=C1CC(c2cccc(O)c2)c2c(ccc3c2O/C(=C\c2ccc4c(c2)OCO4)C3=O)O1. The van der Waals surface area contributed by atoms with Gasteiger partial charge in [-0.15, -0.1) is 0 Å². The third-order valence-electron chi connectivity index (χ3n) is 5.75. The maximum atomic E-state index is 13.1. The smallest absolute Gasteiger partial charge is 0.312 e. The van der Waals surface area contributed by atoms with Gasteiger partial charge in [0.2, 0.25) is 12.6 Å². The van der Waals surface area contributed by atoms with Crippen molar-refractivity contribution in [3.05, 3.63) is 82.6 Å². The number of hydrogen-bond donors (Lipinski definition) is 1. The van der Waals surface area contributed by atoms with Gasteiger partial charge in [0, 0.05) is 11.5 Å². The average Bonchev–Trinajstić information content (AvgIpc) is 3.37. The average molecular weight is 428 g/mol. The van der Waals surface area contributed by atoms with E-state index in [9.17, 15) is 14.7 Å². The lowest BCUT2D eigenvalue weighted by molar-refractivity contribution is -0.135. The fourth-order valence-electron chi connectivity index (χ4n) is 4.29. The summed E-state index contributed by atoms with van der Waals surface area (Å²) in [4.78, 5) is 25.3. The number of phenols is 1. The standard InChI is InChI=1S/C25H16O7/c26-15-3-1-2-14(10-15)17-11-22(27)31-19-7-5-16-24(28)21(32-25(16)23(17)19)9-13-4-6-18-20(8-13)30-12-29-18/h1-10,17,26H,11-12H2/b21-9-. The summed E-state index contributed by atoms with van der Waals surface area (Å²) in [6.07, 6.45) is 1.72. The first kappa shape index (κ1) is 18.5. The summed E-state index contributed by atoms with van der Waals surface area (Å²) in [5.41, 5.74) is 2.49. The molecule has 32 heavy (non-hydrogen) atoms. The van der Waals surface area contributed by atoms with Crippen molar-refractivity contribution in [2.45, 2.75) is 12.3 Å². The van der Waals surface area contributed by atoms with E-state index in [1.807, 2.05) is 12.1 Å². The van der Waals surface area contributed by atoms with Crippen LogP contribution < -0.4 is 18.9 Å². The normalized spacial score (nSPS) is 19.4. The van der Waals surface area contributed by atoms with E-state index in [-0.39, 0.29) is 36.5 Å². The maximum absolute atomic E-state index is 13.1. The highest BCUT2D eigenvalue weighted by molar-refractivity contribution is 6.15. The molecule has 3 aliphatic heterocycles. The Morgan fingerprint density at radius 2 is 1.75 bits per heavy atom. The Morgan fingerprint density at radius 1 is 0.906 bits per heavy atom. The van der Waals surface area contributed by atoms with Crippen LogP contribution in [0.4, 0.5) is 0 Å². The molecule has 0 saturated carbocycles. The van der Waals surface area contributed by atoms with Gasteiger partial charge in [0.15, 0.2) is 17.3 Å². The summed E-state index contributed by atoms with van der Waals surface area (Å²) in [6.45, 7) is 0.164. The summed E-state index contributed by atoms with van der Waals surface area (Å²) in [7, 11) is 0. The van der Waals surface area contributed by atoms with E-state index in [0.717, 1.165) is 11.1 Å². The summed E-state index contributed by atoms with van der Waals surface area (Å²) < 4.78 is 22.2. The van der Waals surface area contributed by atoms with Gasteiger partial charge in [-0.2, -0.15) is 0 Å². The molecule has 1 N–H and O–H groups in total. The van der Waals surface area contributed by atoms with Crippen molar-refractivity contribution in [1.29, 1.82) is 0 Å². The molecule has 158 valence electrons. The molecule has 3 aromatic carbocycles. The maximum Gasteiger partial charge on any atom is 0.312 e. The fourth-order valence-corrected chi connectivity index (χ4v) is 4.29. The van der Waals surface area contributed by atoms with Crippen LogP contribution in [0.25, 0.3) is 6.08 Å². The van der Waals surface area contributed by atoms with Crippen LogP contribution in [0.1, 0.15) is 39.4 Å². The van der Waals surface area contributed by atoms with Crippen molar-refractivity contribution in [2.75, 3.05) is 6.79 Å². The number of carbonyl (C=O) groups excluding carboxylic acids is 2. The molecule has 0 bridgehead atoms. The first-order chi connectivity index (χ1) is 15.6. The number of allylic oxidation sites excluding steroid dienone is 1. The van der Waals surface area contributed by atoms with Gasteiger partial charge >= 0.3 is 5.97 Å². The molecule has 7 heteroatoms. The van der Waals surface area contributed by atoms with Crippen molar-refractivity contribution < 1.29 is 33.6 Å². The Balaban J connectivity index is 1.43. The van der Waals surface area contributed by atoms with Crippen LogP contribution in [-0.4, -0.2) is 23.7 Å². The number of esters is 1. The van der Waals surface area contributed by atoms with Crippen LogP contribution >= 0.6 is 0 Å². The van der Waals surface area contributed by atoms with E-state index in [1.165, 1.54) is 0 Å². The molecule has 0 fully saturated rings. The first-order valence-electron chi connectivity index (χ1n) is 10.1. The lowest BCUT2D eigenvalue weighted by Crippen LogP contribution is -2.21. The Bertz CT molecular complexity index is 1340. The quantitative estimate of drug-likeness (QED) is 0.372. The molecule has 0 amide bonds. The third kappa shape index (κ3) is 2.90. The summed E-state index contributed by atoms with van der Waals surface area (Å²) in [6, 6.07) is 15.3. The van der Waals surface area contributed by atoms with Gasteiger partial charge in [-0.1, -0.05) is 18.2 Å². The molecule has 0 spiro atoms. The van der Waals surface area contributed by atoms with Crippen LogP contribution in [0.15, 0.2) is 60.4 Å². The highest BCUT2D eigenvalue weighted by Crippen LogP contribution is 2.49. The van der Waals surface area contributed by atoms with Crippen LogP contribution in [0.2, 0.25) is 0 Å². The third-order valence-corrected chi connectivity index (χ3v) is 5.75. The summed E-state index contributed by atoms with van der Waals surface area (Å²) in [5, 5.41) is 9.94. The molecule has 0 aromatic heterocycles. The van der Waals surface area contributed by atoms with Crippen molar-refractivity contribution in [3.8, 4) is 28.7 Å². The molecular weight excluding hydrogens is 412 g/mol. The Morgan fingerprint density at radius 3 is 2.62 bits per heavy atom. The molecule has 6 rings (SSSR count). The molecule has 0 saturated heterocycles. The van der Waals surface area contributed by atoms with Gasteiger partial charge in [0.25, 0.3) is 0 Å². The van der Waals surface area contributed by atoms with E-state index in [1.54, 1.807) is 48.5 Å². The largest absolute Gasteiger partial charge is 0.508 e. The molecule has 3 heterocycles. The van der Waals surface area contributed by atoms with Crippen molar-refractivity contribution in [2.24, 2.45) is 0 Å². The van der Waals surface area contributed by atoms with Gasteiger partial charge in [-0.25, -0.2) is 0 Å². The molecule has 3 aromatic rings. The minimum Gasteiger partial charge on any atom is -0.508 e. The van der Waals surface area contributed by atoms with E-state index in [0.29, 0.717) is 34.1 Å². The number of ketones is 1. The Labute approximate surface area is 182 Å². The van der Waals surface area contributed by atoms with Crippen LogP contribution in [0, 0.1) is 0 Å². The van der Waals surface area contributed by atoms with E-state index >= 15 is 0 Å². The molecule has 0 radical (unpaired) electrons. The number of aromatic hydroxyl groups is 1. The summed E-state index contributed by atoms with van der Waals surface area (Å²) in [5.74, 6) is 1.19. The van der Waals surface area contributed by atoms with Crippen molar-refractivity contribution in [3.63, 3.8) is 0 Å². The number of phenolic OH excluding ortho intramolecular Hbond substituents is 1. The minimum absolute atomic E-state index is 0.0751. The van der Waals surface area contributed by atoms with E-state index in [2.05, 4.69) is 0 Å². The van der Waals surface area contributed by atoms with E-state index < -0.39 is 5.92 Å². The zero-order chi connectivity index (χ0) is 21.8. The predicted octanol–water partition coefficient (Wildman–Crippen LogP) is 4.18. The van der Waals surface area contributed by atoms with Gasteiger partial charge in [0.1, 0.15) is 17.2 Å². The van der Waals surface area contributed by atoms with Crippen molar-refractivity contribution in [1.82, 2.24) is 0 Å². The lowest BCUT2D eigenvalue weighted by Gasteiger charge is -2.26. The molecular formula is C25H16O7. The van der Waals surface area contributed by atoms with Crippen molar-refractivity contribution >= 4 is 17.8 Å². The number of benzene rings is 3.